The van der Waals surface area contributed by atoms with Crippen molar-refractivity contribution >= 4 is 11.9 Å². The zero-order valence-electron chi connectivity index (χ0n) is 21.5. The summed E-state index contributed by atoms with van der Waals surface area (Å²) >= 11 is 0. The first kappa shape index (κ1) is 32.0. The molecular weight excluding hydrogens is 536 g/mol. The number of hydrogen-bond acceptors (Lipinski definition) is 6. The van der Waals surface area contributed by atoms with Crippen molar-refractivity contribution in [3.05, 3.63) is 47.5 Å². The lowest BCUT2D eigenvalue weighted by atomic mass is 9.79. The van der Waals surface area contributed by atoms with Crippen LogP contribution in [-0.2, 0) is 29.7 Å². The molecular formula is C24H31F6N5O4. The average molecular weight is 568 g/mol. The molecule has 0 amide bonds. The van der Waals surface area contributed by atoms with Gasteiger partial charge in [-0.1, -0.05) is 6.07 Å². The van der Waals surface area contributed by atoms with E-state index in [0.717, 1.165) is 18.8 Å². The van der Waals surface area contributed by atoms with Gasteiger partial charge >= 0.3 is 24.3 Å². The second-order valence-electron chi connectivity index (χ2n) is 9.67. The number of aryl methyl sites for hydroxylation is 2. The van der Waals surface area contributed by atoms with Gasteiger partial charge in [0.1, 0.15) is 0 Å². The maximum absolute atomic E-state index is 10.6. The molecule has 1 unspecified atom stereocenters. The highest BCUT2D eigenvalue weighted by Gasteiger charge is 2.41. The van der Waals surface area contributed by atoms with E-state index in [1.807, 2.05) is 17.9 Å². The number of nitrogens with zero attached hydrogens (tertiary/aromatic N) is 5. The highest BCUT2D eigenvalue weighted by Crippen LogP contribution is 2.39. The van der Waals surface area contributed by atoms with Gasteiger partial charge in [-0.15, -0.1) is 0 Å². The number of rotatable bonds is 4. The van der Waals surface area contributed by atoms with Crippen molar-refractivity contribution in [3.8, 4) is 0 Å². The van der Waals surface area contributed by atoms with Crippen molar-refractivity contribution in [2.75, 3.05) is 26.2 Å². The topological polar surface area (TPSA) is 112 Å². The maximum atomic E-state index is 10.6. The summed E-state index contributed by atoms with van der Waals surface area (Å²) in [6, 6.07) is 6.36. The summed E-state index contributed by atoms with van der Waals surface area (Å²) < 4.78 is 65.4. The number of pyridine rings is 1. The predicted octanol–water partition coefficient (Wildman–Crippen LogP) is 3.88. The van der Waals surface area contributed by atoms with Crippen molar-refractivity contribution in [1.82, 2.24) is 24.6 Å². The van der Waals surface area contributed by atoms with Gasteiger partial charge in [-0.3, -0.25) is 19.5 Å². The molecule has 15 heteroatoms. The lowest BCUT2D eigenvalue weighted by Crippen LogP contribution is -2.44. The number of aromatic nitrogens is 3. The van der Waals surface area contributed by atoms with Crippen LogP contribution in [0.4, 0.5) is 26.3 Å². The Bertz CT molecular complexity index is 1080. The molecule has 2 aromatic rings. The monoisotopic (exact) mass is 567 g/mol. The zero-order chi connectivity index (χ0) is 29.4. The van der Waals surface area contributed by atoms with Crippen LogP contribution in [0.1, 0.15) is 36.2 Å². The van der Waals surface area contributed by atoms with E-state index < -0.39 is 24.3 Å². The van der Waals surface area contributed by atoms with Gasteiger partial charge in [-0.2, -0.15) is 31.4 Å². The third-order valence-electron chi connectivity index (χ3n) is 6.24. The molecule has 2 aliphatic heterocycles. The third-order valence-corrected chi connectivity index (χ3v) is 6.24. The van der Waals surface area contributed by atoms with Gasteiger partial charge in [-0.05, 0) is 56.8 Å². The molecule has 0 saturated carbocycles. The summed E-state index contributed by atoms with van der Waals surface area (Å²) in [7, 11) is 2.00. The highest BCUT2D eigenvalue weighted by atomic mass is 19.4. The number of carboxylic acids is 2. The molecule has 39 heavy (non-hydrogen) atoms. The molecule has 4 heterocycles. The Kier molecular flexibility index (Phi) is 10.9. The lowest BCUT2D eigenvalue weighted by molar-refractivity contribution is -0.193. The van der Waals surface area contributed by atoms with Crippen LogP contribution in [0.2, 0.25) is 0 Å². The minimum atomic E-state index is -5.08. The van der Waals surface area contributed by atoms with Crippen LogP contribution in [0.3, 0.4) is 0 Å². The third kappa shape index (κ3) is 10.8. The van der Waals surface area contributed by atoms with Gasteiger partial charge in [-0.25, -0.2) is 9.59 Å². The first-order chi connectivity index (χ1) is 18.0. The van der Waals surface area contributed by atoms with Crippen molar-refractivity contribution in [2.45, 2.75) is 51.6 Å². The van der Waals surface area contributed by atoms with Crippen LogP contribution in [0.15, 0.2) is 30.6 Å². The quantitative estimate of drug-likeness (QED) is 0.536. The fourth-order valence-electron chi connectivity index (χ4n) is 4.67. The lowest BCUT2D eigenvalue weighted by Gasteiger charge is -2.40. The van der Waals surface area contributed by atoms with E-state index in [9.17, 15) is 26.3 Å². The second kappa shape index (κ2) is 13.2. The number of aliphatic carboxylic acids is 2. The predicted molar refractivity (Wildman–Crippen MR) is 126 cm³/mol. The molecule has 2 N–H and O–H groups in total. The largest absolute Gasteiger partial charge is 0.490 e. The van der Waals surface area contributed by atoms with E-state index in [0.29, 0.717) is 5.41 Å². The van der Waals surface area contributed by atoms with Crippen LogP contribution in [0.25, 0.3) is 0 Å². The van der Waals surface area contributed by atoms with E-state index in [4.69, 9.17) is 19.8 Å². The molecule has 2 aliphatic rings. The molecule has 218 valence electrons. The minimum Gasteiger partial charge on any atom is -0.475 e. The molecule has 1 atom stereocenters. The molecule has 2 fully saturated rings. The second-order valence-corrected chi connectivity index (χ2v) is 9.67. The normalized spacial score (nSPS) is 20.1. The van der Waals surface area contributed by atoms with Gasteiger partial charge < -0.3 is 10.2 Å². The smallest absolute Gasteiger partial charge is 0.475 e. The molecule has 0 radical (unpaired) electrons. The van der Waals surface area contributed by atoms with Gasteiger partial charge in [0.15, 0.2) is 0 Å². The molecule has 0 aromatic carbocycles. The first-order valence-corrected chi connectivity index (χ1v) is 11.9. The summed E-state index contributed by atoms with van der Waals surface area (Å²) in [5, 5.41) is 18.6. The number of alkyl halides is 6. The minimum absolute atomic E-state index is 0.476. The Morgan fingerprint density at radius 2 is 1.51 bits per heavy atom. The number of carbonyl (C=O) groups is 2. The van der Waals surface area contributed by atoms with Crippen molar-refractivity contribution in [2.24, 2.45) is 12.5 Å². The molecule has 2 aromatic heterocycles. The molecule has 2 saturated heterocycles. The Morgan fingerprint density at radius 1 is 0.949 bits per heavy atom. The molecule has 4 rings (SSSR count). The average Bonchev–Trinajstić information content (AvgIpc) is 3.39. The number of halogens is 6. The Balaban J connectivity index is 0.000000317. The van der Waals surface area contributed by atoms with Crippen LogP contribution < -0.4 is 0 Å². The summed E-state index contributed by atoms with van der Waals surface area (Å²) in [5.41, 5.74) is 4.13. The maximum Gasteiger partial charge on any atom is 0.490 e. The number of likely N-dealkylation sites (tertiary alicyclic amines) is 2. The van der Waals surface area contributed by atoms with Gasteiger partial charge in [0.05, 0.1) is 11.9 Å². The van der Waals surface area contributed by atoms with Crippen molar-refractivity contribution in [3.63, 3.8) is 0 Å². The zero-order valence-corrected chi connectivity index (χ0v) is 21.5. The van der Waals surface area contributed by atoms with Gasteiger partial charge in [0, 0.05) is 50.7 Å². The highest BCUT2D eigenvalue weighted by molar-refractivity contribution is 5.73. The Labute approximate surface area is 221 Å². The molecule has 1 spiro atoms. The van der Waals surface area contributed by atoms with E-state index in [-0.39, 0.29) is 0 Å². The van der Waals surface area contributed by atoms with E-state index in [1.165, 1.54) is 56.7 Å². The SMILES string of the molecule is Cc1cccc(CN2CCC3(CCCN(Cc4cnn(C)c4)C3)C2)n1.O=C(O)C(F)(F)F.O=C(O)C(F)(F)F. The van der Waals surface area contributed by atoms with E-state index >= 15 is 0 Å². The molecule has 0 bridgehead atoms. The van der Waals surface area contributed by atoms with Crippen LogP contribution >= 0.6 is 0 Å². The van der Waals surface area contributed by atoms with Crippen LogP contribution in [0, 0.1) is 12.3 Å². The number of carboxylic acid groups (broad SMARTS) is 2. The van der Waals surface area contributed by atoms with Gasteiger partial charge in [0.25, 0.3) is 0 Å². The standard InChI is InChI=1S/C20H29N5.2C2HF3O2/c1-17-5-3-6-19(22-17)14-25-10-8-20(16-25)7-4-9-24(15-20)13-18-11-21-23(2)12-18;2*3-2(4,5)1(6)7/h3,5-6,11-12H,4,7-10,13-16H2,1-2H3;2*(H,6,7). The van der Waals surface area contributed by atoms with E-state index in [1.54, 1.807) is 0 Å². The first-order valence-electron chi connectivity index (χ1n) is 11.9. The number of piperidine rings is 1. The fraction of sp³-hybridized carbons (Fsp3) is 0.583. The van der Waals surface area contributed by atoms with Crippen molar-refractivity contribution in [1.29, 1.82) is 0 Å². The van der Waals surface area contributed by atoms with E-state index in [2.05, 4.69) is 51.2 Å². The van der Waals surface area contributed by atoms with Gasteiger partial charge in [0.2, 0.25) is 0 Å². The summed E-state index contributed by atoms with van der Waals surface area (Å²) in [6.45, 7) is 8.96. The van der Waals surface area contributed by atoms with Crippen LogP contribution in [0.5, 0.6) is 0 Å². The fourth-order valence-corrected chi connectivity index (χ4v) is 4.67. The summed E-state index contributed by atoms with van der Waals surface area (Å²) in [5.74, 6) is -5.51. The van der Waals surface area contributed by atoms with Crippen molar-refractivity contribution < 1.29 is 46.1 Å². The van der Waals surface area contributed by atoms with Crippen LogP contribution in [-0.4, -0.2) is 85.2 Å². The summed E-state index contributed by atoms with van der Waals surface area (Å²) in [6.07, 6.45) is -2.01. The Hall–Kier alpha value is -3.20. The number of hydrogen-bond donors (Lipinski definition) is 2. The summed E-state index contributed by atoms with van der Waals surface area (Å²) in [4.78, 5) is 27.7. The Morgan fingerprint density at radius 3 is 2.00 bits per heavy atom. The molecule has 0 aliphatic carbocycles. The molecule has 9 nitrogen and oxygen atoms in total.